The molecule has 1 saturated heterocycles. The van der Waals surface area contributed by atoms with E-state index >= 15 is 0 Å². The number of hydrogen-bond acceptors (Lipinski definition) is 9. The van der Waals surface area contributed by atoms with Crippen molar-refractivity contribution < 1.29 is 0 Å². The number of allylic oxidation sites excluding steroid dienone is 2. The van der Waals surface area contributed by atoms with Gasteiger partial charge in [-0.1, -0.05) is 23.7 Å². The molecule has 0 bridgehead atoms. The molecule has 1 aromatic carbocycles. The molecule has 0 spiro atoms. The van der Waals surface area contributed by atoms with Gasteiger partial charge >= 0.3 is 0 Å². The molecule has 0 amide bonds. The van der Waals surface area contributed by atoms with Crippen LogP contribution in [0.2, 0.25) is 5.02 Å². The Morgan fingerprint density at radius 3 is 2.70 bits per heavy atom. The molecule has 2 aliphatic heterocycles. The number of rotatable bonds is 7. The quantitative estimate of drug-likeness (QED) is 0.358. The summed E-state index contributed by atoms with van der Waals surface area (Å²) < 4.78 is 0. The van der Waals surface area contributed by atoms with Crippen molar-refractivity contribution in [3.05, 3.63) is 74.2 Å². The van der Waals surface area contributed by atoms with Crippen molar-refractivity contribution in [2.24, 2.45) is 15.7 Å². The zero-order valence-electron chi connectivity index (χ0n) is 18.0. The molecule has 5 N–H and O–H groups in total. The maximum absolute atomic E-state index is 10.4. The van der Waals surface area contributed by atoms with Crippen molar-refractivity contribution in [1.82, 2.24) is 21.1 Å². The molecule has 1 unspecified atom stereocenters. The van der Waals surface area contributed by atoms with Gasteiger partial charge in [0.15, 0.2) is 5.84 Å². The number of thiophene rings is 1. The van der Waals surface area contributed by atoms with E-state index in [1.54, 1.807) is 12.3 Å². The van der Waals surface area contributed by atoms with Gasteiger partial charge in [-0.25, -0.2) is 10.4 Å². The third kappa shape index (κ3) is 4.85. The summed E-state index contributed by atoms with van der Waals surface area (Å²) in [5.41, 5.74) is 15.4. The predicted octanol–water partition coefficient (Wildman–Crippen LogP) is 2.59. The molecule has 8 nitrogen and oxygen atoms in total. The second-order valence-corrected chi connectivity index (χ2v) is 8.94. The first-order valence-electron chi connectivity index (χ1n) is 10.5. The maximum atomic E-state index is 10.4. The van der Waals surface area contributed by atoms with Gasteiger partial charge in [0.2, 0.25) is 0 Å². The van der Waals surface area contributed by atoms with Crippen LogP contribution in [-0.2, 0) is 0 Å². The summed E-state index contributed by atoms with van der Waals surface area (Å²) in [7, 11) is 0. The molecule has 0 radical (unpaired) electrons. The lowest BCUT2D eigenvalue weighted by Gasteiger charge is -2.36. The first-order chi connectivity index (χ1) is 16.2. The summed E-state index contributed by atoms with van der Waals surface area (Å²) in [4.78, 5) is 12.5. The van der Waals surface area contributed by atoms with E-state index in [2.05, 4.69) is 43.8 Å². The fraction of sp³-hybridized carbons (Fsp3) is 0.261. The summed E-state index contributed by atoms with van der Waals surface area (Å²) >= 11 is 7.70. The molecular weight excluding hydrogens is 456 g/mol. The first kappa shape index (κ1) is 23.2. The number of aliphatic imine (C=N–C) groups is 2. The highest BCUT2D eigenvalue weighted by Crippen LogP contribution is 2.42. The Morgan fingerprint density at radius 1 is 1.33 bits per heavy atom. The molecule has 1 fully saturated rings. The predicted molar refractivity (Wildman–Crippen MR) is 135 cm³/mol. The van der Waals surface area contributed by atoms with Crippen molar-refractivity contribution in [2.75, 3.05) is 32.8 Å². The Morgan fingerprint density at radius 2 is 2.09 bits per heavy atom. The van der Waals surface area contributed by atoms with Gasteiger partial charge in [0, 0.05) is 54.7 Å². The Hall–Kier alpha value is -3.00. The summed E-state index contributed by atoms with van der Waals surface area (Å²) in [6.45, 7) is 7.41. The van der Waals surface area contributed by atoms with E-state index in [1.807, 2.05) is 24.3 Å². The first-order valence-corrected chi connectivity index (χ1v) is 11.7. The van der Waals surface area contributed by atoms with E-state index in [1.165, 1.54) is 17.5 Å². The van der Waals surface area contributed by atoms with E-state index in [-0.39, 0.29) is 6.04 Å². The minimum absolute atomic E-state index is 0.148. The summed E-state index contributed by atoms with van der Waals surface area (Å²) in [5, 5.41) is 14.4. The number of hydrazine groups is 1. The standard InChI is InChI=1S/C23H25ClN8S/c1-27-7-6-16(12-25)21-18(13-26)19(22(33-21)23-29-14-30-31-23)20(32-10-8-28-9-11-32)15-2-4-17(24)5-3-15/h2-7,12,20,28,30H,1,8-11,14,25H2,(H,29,31)/b7-6-,16-12+. The number of nitrogens with two attached hydrogens (primary N) is 1. The summed E-state index contributed by atoms with van der Waals surface area (Å²) in [6, 6.07) is 10.2. The molecule has 2 aliphatic rings. The number of halogens is 1. The van der Waals surface area contributed by atoms with E-state index in [0.29, 0.717) is 28.7 Å². The monoisotopic (exact) mass is 480 g/mol. The Labute approximate surface area is 202 Å². The fourth-order valence-electron chi connectivity index (χ4n) is 4.09. The van der Waals surface area contributed by atoms with Crippen LogP contribution in [0.4, 0.5) is 0 Å². The Balaban J connectivity index is 1.96. The molecule has 33 heavy (non-hydrogen) atoms. The smallest absolute Gasteiger partial charge is 0.154 e. The zero-order chi connectivity index (χ0) is 23.2. The highest BCUT2D eigenvalue weighted by molar-refractivity contribution is 7.15. The van der Waals surface area contributed by atoms with Crippen molar-refractivity contribution in [2.45, 2.75) is 6.04 Å². The van der Waals surface area contributed by atoms with Gasteiger partial charge < -0.3 is 16.5 Å². The van der Waals surface area contributed by atoms with Crippen LogP contribution in [0.25, 0.3) is 5.57 Å². The van der Waals surface area contributed by atoms with Gasteiger partial charge in [0.1, 0.15) is 12.7 Å². The lowest BCUT2D eigenvalue weighted by atomic mass is 9.91. The van der Waals surface area contributed by atoms with Crippen molar-refractivity contribution in [3.8, 4) is 6.07 Å². The normalized spacial score (nSPS) is 18.1. The van der Waals surface area contributed by atoms with Crippen molar-refractivity contribution in [3.63, 3.8) is 0 Å². The van der Waals surface area contributed by atoms with Crippen LogP contribution in [0.1, 0.15) is 32.5 Å². The summed E-state index contributed by atoms with van der Waals surface area (Å²) in [5.74, 6) is 0.717. The number of benzene rings is 1. The molecule has 0 aliphatic carbocycles. The van der Waals surface area contributed by atoms with Crippen molar-refractivity contribution >= 4 is 41.1 Å². The van der Waals surface area contributed by atoms with Gasteiger partial charge in [-0.2, -0.15) is 5.26 Å². The Kier molecular flexibility index (Phi) is 7.54. The molecule has 3 heterocycles. The van der Waals surface area contributed by atoms with Gasteiger partial charge in [0.25, 0.3) is 0 Å². The van der Waals surface area contributed by atoms with E-state index < -0.39 is 0 Å². The largest absolute Gasteiger partial charge is 0.404 e. The van der Waals surface area contributed by atoms with Gasteiger partial charge in [0.05, 0.1) is 21.4 Å². The molecule has 0 saturated carbocycles. The maximum Gasteiger partial charge on any atom is 0.154 e. The number of piperazine rings is 1. The second-order valence-electron chi connectivity index (χ2n) is 7.49. The van der Waals surface area contributed by atoms with Crippen LogP contribution < -0.4 is 21.9 Å². The minimum Gasteiger partial charge on any atom is -0.404 e. The molecule has 170 valence electrons. The molecule has 4 rings (SSSR count). The number of amidine groups is 1. The second kappa shape index (κ2) is 10.7. The van der Waals surface area contributed by atoms with Crippen LogP contribution >= 0.6 is 22.9 Å². The SMILES string of the molecule is C=N/C=C\C(=C/N)c1sc(C2=NCNN2)c(C(c2ccc(Cl)cc2)N2CCNCC2)c1C#N. The van der Waals surface area contributed by atoms with Crippen LogP contribution in [0.3, 0.4) is 0 Å². The zero-order valence-corrected chi connectivity index (χ0v) is 19.6. The van der Waals surface area contributed by atoms with Gasteiger partial charge in [-0.3, -0.25) is 9.89 Å². The third-order valence-electron chi connectivity index (χ3n) is 5.57. The average Bonchev–Trinajstić information content (AvgIpc) is 3.50. The molecule has 1 atom stereocenters. The fourth-order valence-corrected chi connectivity index (χ4v) is 5.47. The topological polar surface area (TPSA) is 114 Å². The Bertz CT molecular complexity index is 1140. The minimum atomic E-state index is -0.148. The highest BCUT2D eigenvalue weighted by Gasteiger charge is 2.34. The lowest BCUT2D eigenvalue weighted by Crippen LogP contribution is -2.46. The van der Waals surface area contributed by atoms with Crippen molar-refractivity contribution in [1.29, 1.82) is 5.26 Å². The number of hydrogen-bond donors (Lipinski definition) is 4. The molecule has 2 aromatic rings. The van der Waals surface area contributed by atoms with Gasteiger partial charge in [-0.15, -0.1) is 11.3 Å². The van der Waals surface area contributed by atoms with Gasteiger partial charge in [-0.05, 0) is 30.5 Å². The number of nitrogens with zero attached hydrogens (tertiary/aromatic N) is 4. The van der Waals surface area contributed by atoms with Crippen LogP contribution in [-0.4, -0.2) is 50.3 Å². The van der Waals surface area contributed by atoms with E-state index in [0.717, 1.165) is 47.1 Å². The lowest BCUT2D eigenvalue weighted by molar-refractivity contribution is 0.198. The molecule has 10 heteroatoms. The number of nitriles is 1. The average molecular weight is 481 g/mol. The van der Waals surface area contributed by atoms with E-state index in [4.69, 9.17) is 17.3 Å². The highest BCUT2D eigenvalue weighted by atomic mass is 35.5. The van der Waals surface area contributed by atoms with Crippen LogP contribution in [0, 0.1) is 11.3 Å². The van der Waals surface area contributed by atoms with Crippen LogP contribution in [0.15, 0.2) is 52.7 Å². The van der Waals surface area contributed by atoms with E-state index in [9.17, 15) is 5.26 Å². The molecular formula is C23H25ClN8S. The summed E-state index contributed by atoms with van der Waals surface area (Å²) in [6.07, 6.45) is 4.82. The molecule has 1 aromatic heterocycles. The van der Waals surface area contributed by atoms with Crippen LogP contribution in [0.5, 0.6) is 0 Å². The number of nitrogens with one attached hydrogen (secondary N) is 3. The third-order valence-corrected chi connectivity index (χ3v) is 7.09.